The number of hydrogen-bond donors (Lipinski definition) is 0. The Labute approximate surface area is 497 Å². The van der Waals surface area contributed by atoms with Gasteiger partial charge in [0.25, 0.3) is 0 Å². The van der Waals surface area contributed by atoms with Crippen molar-refractivity contribution in [3.05, 3.63) is 261 Å². The second-order valence-electron chi connectivity index (χ2n) is 22.2. The van der Waals surface area contributed by atoms with Crippen LogP contribution in [-0.4, -0.2) is 14.1 Å². The molecule has 0 aliphatic heterocycles. The van der Waals surface area contributed by atoms with Crippen molar-refractivity contribution in [2.24, 2.45) is 0 Å². The molecule has 0 radical (unpaired) electrons. The van der Waals surface area contributed by atoms with Crippen LogP contribution in [0.25, 0.3) is 180 Å². The summed E-state index contributed by atoms with van der Waals surface area (Å²) in [5.74, 6) is 0.870. The molecule has 0 unspecified atom stereocenters. The van der Waals surface area contributed by atoms with Crippen LogP contribution >= 0.6 is 45.3 Å². The minimum atomic E-state index is 0.870. The normalized spacial score (nSPS) is 12.3. The molecule has 19 aromatic rings. The molecule has 12 aromatic carbocycles. The van der Waals surface area contributed by atoms with Crippen LogP contribution < -0.4 is 0 Å². The zero-order valence-electron chi connectivity index (χ0n) is 44.8. The minimum Gasteiger partial charge on any atom is -0.308 e. The maximum Gasteiger partial charge on any atom is 0.137 e. The first kappa shape index (κ1) is 46.8. The maximum absolute atomic E-state index is 5.44. The van der Waals surface area contributed by atoms with Gasteiger partial charge >= 0.3 is 0 Å². The molecule has 3 nitrogen and oxygen atoms in total. The summed E-state index contributed by atoms with van der Waals surface area (Å²) in [4.78, 5) is 5.44. The lowest BCUT2D eigenvalue weighted by Crippen LogP contribution is -2.00. The quantitative estimate of drug-likeness (QED) is 0.163. The van der Waals surface area contributed by atoms with Crippen LogP contribution in [-0.2, 0) is 0 Å². The topological polar surface area (TPSA) is 22.8 Å². The highest BCUT2D eigenvalue weighted by molar-refractivity contribution is 7.27. The molecule has 0 saturated heterocycles. The highest BCUT2D eigenvalue weighted by atomic mass is 32.1. The number of benzene rings is 12. The van der Waals surface area contributed by atoms with Gasteiger partial charge in [-0.3, -0.25) is 4.57 Å². The predicted octanol–water partition coefficient (Wildman–Crippen LogP) is 23.4. The van der Waals surface area contributed by atoms with Gasteiger partial charge in [-0.2, -0.15) is 0 Å². The molecule has 0 bridgehead atoms. The van der Waals surface area contributed by atoms with E-state index in [0.29, 0.717) is 0 Å². The van der Waals surface area contributed by atoms with Gasteiger partial charge < -0.3 is 4.57 Å². The lowest BCUT2D eigenvalue weighted by molar-refractivity contribution is 1.05. The van der Waals surface area contributed by atoms with Gasteiger partial charge in [0.2, 0.25) is 0 Å². The van der Waals surface area contributed by atoms with E-state index in [1.54, 1.807) is 0 Å². The van der Waals surface area contributed by atoms with Gasteiger partial charge in [-0.25, -0.2) is 4.98 Å². The van der Waals surface area contributed by atoms with E-state index in [9.17, 15) is 0 Å². The molecule has 0 spiro atoms. The molecule has 7 aromatic heterocycles. The van der Waals surface area contributed by atoms with Crippen LogP contribution in [0.3, 0.4) is 0 Å². The third-order valence-electron chi connectivity index (χ3n) is 17.6. The zero-order chi connectivity index (χ0) is 54.7. The Hall–Kier alpha value is -9.73. The summed E-state index contributed by atoms with van der Waals surface area (Å²) in [7, 11) is 0. The maximum atomic E-state index is 5.44. The molecule has 19 rings (SSSR count). The van der Waals surface area contributed by atoms with Crippen molar-refractivity contribution in [3.8, 4) is 56.0 Å². The number of aromatic nitrogens is 3. The first-order valence-corrected chi connectivity index (χ1v) is 31.6. The van der Waals surface area contributed by atoms with Crippen LogP contribution in [0.5, 0.6) is 0 Å². The molecule has 0 aliphatic carbocycles. The molecule has 390 valence electrons. The van der Waals surface area contributed by atoms with Gasteiger partial charge in [0.05, 0.1) is 34.0 Å². The standard InChI is InChI=1S/C77H43N3S4/c1-5-13-69-53(9-1)61-39-48(21-30-73(61)81-69)44-17-26-65-57(35-44)58-36-45(49-22-31-74-62(40-49)54-10-2-6-14-70(54)82-74)18-27-66(58)79(65)52-25-34-77(78-43-52)80-67-28-19-46(50-23-32-75-63(41-50)55-11-3-7-15-71(55)83-75)37-59(67)60-38-47(20-29-68(60)80)51-24-33-76-64(42-51)56-12-4-8-16-72(56)84-76/h1-43H. The molecule has 0 N–H and O–H groups in total. The van der Waals surface area contributed by atoms with Crippen molar-refractivity contribution in [2.75, 3.05) is 0 Å². The highest BCUT2D eigenvalue weighted by Gasteiger charge is 2.20. The van der Waals surface area contributed by atoms with Gasteiger partial charge in [0.15, 0.2) is 0 Å². The monoisotopic (exact) mass is 1140 g/mol. The van der Waals surface area contributed by atoms with E-state index in [2.05, 4.69) is 270 Å². The van der Waals surface area contributed by atoms with Crippen LogP contribution in [0.15, 0.2) is 261 Å². The van der Waals surface area contributed by atoms with Crippen molar-refractivity contribution < 1.29 is 0 Å². The van der Waals surface area contributed by atoms with E-state index in [4.69, 9.17) is 4.98 Å². The fourth-order valence-corrected chi connectivity index (χ4v) is 17.9. The van der Waals surface area contributed by atoms with Crippen LogP contribution in [0, 0.1) is 0 Å². The van der Waals surface area contributed by atoms with E-state index in [1.807, 2.05) is 45.3 Å². The Morgan fingerprint density at radius 1 is 0.214 bits per heavy atom. The second kappa shape index (κ2) is 17.9. The summed E-state index contributed by atoms with van der Waals surface area (Å²) >= 11 is 7.45. The number of thiophene rings is 4. The molecule has 0 aliphatic rings. The molecule has 0 fully saturated rings. The third-order valence-corrected chi connectivity index (χ3v) is 22.2. The van der Waals surface area contributed by atoms with Gasteiger partial charge in [-0.1, -0.05) is 121 Å². The smallest absolute Gasteiger partial charge is 0.137 e. The van der Waals surface area contributed by atoms with E-state index in [1.165, 1.54) is 147 Å². The Morgan fingerprint density at radius 2 is 0.476 bits per heavy atom. The lowest BCUT2D eigenvalue weighted by Gasteiger charge is -2.12. The predicted molar refractivity (Wildman–Crippen MR) is 366 cm³/mol. The number of nitrogens with zero attached hydrogens (tertiary/aromatic N) is 3. The van der Waals surface area contributed by atoms with Crippen LogP contribution in [0.4, 0.5) is 0 Å². The molecular weight excluding hydrogens is 1100 g/mol. The molecule has 0 saturated carbocycles. The largest absolute Gasteiger partial charge is 0.308 e. The van der Waals surface area contributed by atoms with Crippen molar-refractivity contribution in [2.45, 2.75) is 0 Å². The molecule has 0 amide bonds. The van der Waals surface area contributed by atoms with Crippen molar-refractivity contribution in [1.82, 2.24) is 14.1 Å². The summed E-state index contributed by atoms with van der Waals surface area (Å²) in [6, 6.07) is 95.5. The van der Waals surface area contributed by atoms with Crippen LogP contribution in [0.2, 0.25) is 0 Å². The van der Waals surface area contributed by atoms with Gasteiger partial charge in [0.1, 0.15) is 5.82 Å². The summed E-state index contributed by atoms with van der Waals surface area (Å²) in [6.07, 6.45) is 2.07. The Balaban J connectivity index is 0.773. The first-order valence-electron chi connectivity index (χ1n) is 28.4. The average Bonchev–Trinajstić information content (AvgIpc) is 4.41. The van der Waals surface area contributed by atoms with Gasteiger partial charge in [-0.15, -0.1) is 45.3 Å². The molecular formula is C77H43N3S4. The van der Waals surface area contributed by atoms with E-state index < -0.39 is 0 Å². The summed E-state index contributed by atoms with van der Waals surface area (Å²) in [5.41, 5.74) is 15.1. The lowest BCUT2D eigenvalue weighted by atomic mass is 9.98. The Bertz CT molecular complexity index is 5290. The number of rotatable bonds is 6. The number of fused-ring (bicyclic) bond motifs is 18. The zero-order valence-corrected chi connectivity index (χ0v) is 48.1. The van der Waals surface area contributed by atoms with E-state index in [0.717, 1.165) is 33.6 Å². The average molecular weight is 1140 g/mol. The SMILES string of the molecule is c1ccc2c(c1)sc1ccc(-c3ccc4c(c3)c3cc(-c5ccc6sc7ccccc7c6c5)ccc3n4-c3ccc(-n4c5ccc(-c6ccc7sc8ccccc8c7c6)cc5c5cc(-c6ccc7sc8ccccc8c7c6)ccc54)nc3)cc12. The molecule has 0 atom stereocenters. The van der Waals surface area contributed by atoms with Crippen molar-refractivity contribution >= 4 is 170 Å². The highest BCUT2D eigenvalue weighted by Crippen LogP contribution is 2.45. The summed E-state index contributed by atoms with van der Waals surface area (Å²) in [5, 5.41) is 15.3. The Kier molecular flexibility index (Phi) is 9.97. The second-order valence-corrected chi connectivity index (χ2v) is 26.5. The fourth-order valence-electron chi connectivity index (χ4n) is 13.6. The van der Waals surface area contributed by atoms with Crippen molar-refractivity contribution in [3.63, 3.8) is 0 Å². The van der Waals surface area contributed by atoms with Gasteiger partial charge in [0, 0.05) is 102 Å². The summed E-state index contributed by atoms with van der Waals surface area (Å²) in [6.45, 7) is 0. The van der Waals surface area contributed by atoms with Gasteiger partial charge in [-0.05, 0) is 178 Å². The summed E-state index contributed by atoms with van der Waals surface area (Å²) < 4.78 is 15.3. The number of hydrogen-bond acceptors (Lipinski definition) is 5. The van der Waals surface area contributed by atoms with E-state index >= 15 is 0 Å². The fraction of sp³-hybridized carbons (Fsp3) is 0. The minimum absolute atomic E-state index is 0.870. The molecule has 7 heterocycles. The van der Waals surface area contributed by atoms with Crippen LogP contribution in [0.1, 0.15) is 0 Å². The molecule has 84 heavy (non-hydrogen) atoms. The number of pyridine rings is 1. The van der Waals surface area contributed by atoms with E-state index in [-0.39, 0.29) is 0 Å². The van der Waals surface area contributed by atoms with Crippen molar-refractivity contribution in [1.29, 1.82) is 0 Å². The molecule has 7 heteroatoms. The first-order chi connectivity index (χ1) is 41.6. The Morgan fingerprint density at radius 3 is 0.774 bits per heavy atom. The third kappa shape index (κ3) is 7.04.